The first-order valence-corrected chi connectivity index (χ1v) is 8.97. The third kappa shape index (κ3) is 4.26. The average Bonchev–Trinajstić information content (AvgIpc) is 2.77. The second-order valence-corrected chi connectivity index (χ2v) is 7.06. The van der Waals surface area contributed by atoms with Gasteiger partial charge in [0, 0.05) is 26.2 Å². The Labute approximate surface area is 127 Å². The highest BCUT2D eigenvalue weighted by atomic mass is 32.2. The van der Waals surface area contributed by atoms with Crippen LogP contribution in [0.5, 0.6) is 0 Å². The largest absolute Gasteiger partial charge is 0.380 e. The zero-order valence-electron chi connectivity index (χ0n) is 12.5. The van der Waals surface area contributed by atoms with Crippen molar-refractivity contribution in [3.05, 3.63) is 29.8 Å². The molecule has 1 N–H and O–H groups in total. The van der Waals surface area contributed by atoms with Gasteiger partial charge in [0.05, 0.1) is 11.5 Å². The van der Waals surface area contributed by atoms with Crippen molar-refractivity contribution in [3.63, 3.8) is 0 Å². The Kier molecular flexibility index (Phi) is 6.17. The quantitative estimate of drug-likeness (QED) is 0.811. The van der Waals surface area contributed by atoms with Crippen LogP contribution in [0.25, 0.3) is 0 Å². The SMILES string of the molecule is CCCNCc1ccccc1S(=O)(=O)N1CCCOCC1. The monoisotopic (exact) mass is 312 g/mol. The molecule has 0 bridgehead atoms. The van der Waals surface area contributed by atoms with Crippen LogP contribution >= 0.6 is 0 Å². The lowest BCUT2D eigenvalue weighted by Crippen LogP contribution is -2.34. The number of nitrogens with one attached hydrogen (secondary N) is 1. The third-order valence-corrected chi connectivity index (χ3v) is 5.51. The van der Waals surface area contributed by atoms with E-state index in [4.69, 9.17) is 4.74 Å². The van der Waals surface area contributed by atoms with Gasteiger partial charge in [0.25, 0.3) is 0 Å². The van der Waals surface area contributed by atoms with E-state index in [0.717, 1.165) is 24.9 Å². The topological polar surface area (TPSA) is 58.6 Å². The van der Waals surface area contributed by atoms with Gasteiger partial charge in [-0.05, 0) is 31.0 Å². The minimum absolute atomic E-state index is 0.413. The molecular weight excluding hydrogens is 288 g/mol. The fraction of sp³-hybridized carbons (Fsp3) is 0.600. The van der Waals surface area contributed by atoms with E-state index in [1.807, 2.05) is 12.1 Å². The predicted molar refractivity (Wildman–Crippen MR) is 82.6 cm³/mol. The van der Waals surface area contributed by atoms with Gasteiger partial charge in [-0.1, -0.05) is 25.1 Å². The van der Waals surface area contributed by atoms with E-state index >= 15 is 0 Å². The molecule has 1 heterocycles. The van der Waals surface area contributed by atoms with E-state index in [0.29, 0.717) is 37.7 Å². The summed E-state index contributed by atoms with van der Waals surface area (Å²) in [5, 5.41) is 3.27. The molecule has 21 heavy (non-hydrogen) atoms. The van der Waals surface area contributed by atoms with Crippen molar-refractivity contribution in [2.75, 3.05) is 32.8 Å². The van der Waals surface area contributed by atoms with E-state index in [1.54, 1.807) is 16.4 Å². The Morgan fingerprint density at radius 2 is 2.05 bits per heavy atom. The molecule has 6 heteroatoms. The molecule has 1 saturated heterocycles. The minimum Gasteiger partial charge on any atom is -0.380 e. The van der Waals surface area contributed by atoms with Crippen LogP contribution in [0.2, 0.25) is 0 Å². The summed E-state index contributed by atoms with van der Waals surface area (Å²) >= 11 is 0. The Balaban J connectivity index is 2.22. The van der Waals surface area contributed by atoms with E-state index in [1.165, 1.54) is 0 Å². The summed E-state index contributed by atoms with van der Waals surface area (Å²) in [6.07, 6.45) is 1.77. The minimum atomic E-state index is -3.44. The molecule has 0 aromatic heterocycles. The molecule has 0 atom stereocenters. The smallest absolute Gasteiger partial charge is 0.243 e. The summed E-state index contributed by atoms with van der Waals surface area (Å²) in [6.45, 7) is 5.60. The molecule has 1 aliphatic heterocycles. The molecule has 0 amide bonds. The van der Waals surface area contributed by atoms with Gasteiger partial charge >= 0.3 is 0 Å². The first-order valence-electron chi connectivity index (χ1n) is 7.52. The highest BCUT2D eigenvalue weighted by Crippen LogP contribution is 2.21. The van der Waals surface area contributed by atoms with Crippen molar-refractivity contribution < 1.29 is 13.2 Å². The van der Waals surface area contributed by atoms with E-state index in [-0.39, 0.29) is 0 Å². The molecule has 118 valence electrons. The highest BCUT2D eigenvalue weighted by Gasteiger charge is 2.27. The van der Waals surface area contributed by atoms with Crippen molar-refractivity contribution in [3.8, 4) is 0 Å². The summed E-state index contributed by atoms with van der Waals surface area (Å²) in [4.78, 5) is 0.413. The Morgan fingerprint density at radius 1 is 1.24 bits per heavy atom. The van der Waals surface area contributed by atoms with Crippen LogP contribution in [-0.2, 0) is 21.3 Å². The maximum atomic E-state index is 12.8. The second-order valence-electron chi connectivity index (χ2n) is 5.15. The number of hydrogen-bond acceptors (Lipinski definition) is 4. The number of ether oxygens (including phenoxy) is 1. The van der Waals surface area contributed by atoms with Gasteiger partial charge in [-0.3, -0.25) is 0 Å². The molecule has 0 saturated carbocycles. The van der Waals surface area contributed by atoms with Gasteiger partial charge in [-0.25, -0.2) is 8.42 Å². The second kappa shape index (κ2) is 7.89. The van der Waals surface area contributed by atoms with Crippen LogP contribution in [0.15, 0.2) is 29.2 Å². The standard InChI is InChI=1S/C15H24N2O3S/c1-2-8-16-13-14-6-3-4-7-15(14)21(18,19)17-9-5-11-20-12-10-17/h3-4,6-7,16H,2,5,8-13H2,1H3. The molecule has 0 aliphatic carbocycles. The lowest BCUT2D eigenvalue weighted by molar-refractivity contribution is 0.148. The maximum absolute atomic E-state index is 12.8. The lowest BCUT2D eigenvalue weighted by atomic mass is 10.2. The number of hydrogen-bond donors (Lipinski definition) is 1. The van der Waals surface area contributed by atoms with Gasteiger partial charge < -0.3 is 10.1 Å². The van der Waals surface area contributed by atoms with Crippen LogP contribution in [-0.4, -0.2) is 45.6 Å². The van der Waals surface area contributed by atoms with Crippen LogP contribution in [0.3, 0.4) is 0 Å². The van der Waals surface area contributed by atoms with Crippen LogP contribution in [0.4, 0.5) is 0 Å². The molecule has 2 rings (SSSR count). The van der Waals surface area contributed by atoms with Crippen molar-refractivity contribution >= 4 is 10.0 Å². The summed E-state index contributed by atoms with van der Waals surface area (Å²) in [5.74, 6) is 0. The summed E-state index contributed by atoms with van der Waals surface area (Å²) < 4.78 is 32.6. The van der Waals surface area contributed by atoms with E-state index < -0.39 is 10.0 Å². The first-order chi connectivity index (χ1) is 10.2. The molecule has 0 unspecified atom stereocenters. The van der Waals surface area contributed by atoms with Crippen LogP contribution in [0, 0.1) is 0 Å². The lowest BCUT2D eigenvalue weighted by Gasteiger charge is -2.21. The summed E-state index contributed by atoms with van der Waals surface area (Å²) in [6, 6.07) is 7.24. The molecular formula is C15H24N2O3S. The molecule has 1 aromatic carbocycles. The molecule has 1 fully saturated rings. The van der Waals surface area contributed by atoms with E-state index in [9.17, 15) is 8.42 Å². The Bertz CT molecular complexity index is 538. The number of sulfonamides is 1. The third-order valence-electron chi connectivity index (χ3n) is 3.51. The molecule has 0 radical (unpaired) electrons. The maximum Gasteiger partial charge on any atom is 0.243 e. The van der Waals surface area contributed by atoms with Crippen molar-refractivity contribution in [2.24, 2.45) is 0 Å². The number of nitrogens with zero attached hydrogens (tertiary/aromatic N) is 1. The van der Waals surface area contributed by atoms with Gasteiger partial charge in [0.2, 0.25) is 10.0 Å². The van der Waals surface area contributed by atoms with Crippen molar-refractivity contribution in [1.82, 2.24) is 9.62 Å². The van der Waals surface area contributed by atoms with Crippen molar-refractivity contribution in [2.45, 2.75) is 31.2 Å². The Morgan fingerprint density at radius 3 is 2.86 bits per heavy atom. The average molecular weight is 312 g/mol. The predicted octanol–water partition coefficient (Wildman–Crippen LogP) is 1.60. The number of benzene rings is 1. The summed E-state index contributed by atoms with van der Waals surface area (Å²) in [5.41, 5.74) is 0.830. The van der Waals surface area contributed by atoms with Gasteiger partial charge in [-0.2, -0.15) is 4.31 Å². The first kappa shape index (κ1) is 16.4. The molecule has 5 nitrogen and oxygen atoms in total. The normalized spacial score (nSPS) is 17.6. The zero-order valence-corrected chi connectivity index (χ0v) is 13.4. The van der Waals surface area contributed by atoms with Crippen molar-refractivity contribution in [1.29, 1.82) is 0 Å². The molecule has 1 aliphatic rings. The van der Waals surface area contributed by atoms with Gasteiger partial charge in [0.15, 0.2) is 0 Å². The van der Waals surface area contributed by atoms with Crippen LogP contribution in [0.1, 0.15) is 25.3 Å². The van der Waals surface area contributed by atoms with E-state index in [2.05, 4.69) is 12.2 Å². The Hall–Kier alpha value is -0.950. The highest BCUT2D eigenvalue weighted by molar-refractivity contribution is 7.89. The molecule has 0 spiro atoms. The fourth-order valence-electron chi connectivity index (χ4n) is 2.40. The molecule has 1 aromatic rings. The number of rotatable bonds is 6. The van der Waals surface area contributed by atoms with Gasteiger partial charge in [0.1, 0.15) is 0 Å². The van der Waals surface area contributed by atoms with Crippen LogP contribution < -0.4 is 5.32 Å². The summed E-state index contributed by atoms with van der Waals surface area (Å²) in [7, 11) is -3.44. The van der Waals surface area contributed by atoms with Gasteiger partial charge in [-0.15, -0.1) is 0 Å². The fourth-order valence-corrected chi connectivity index (χ4v) is 4.09. The zero-order chi connectivity index (χ0) is 15.1.